The molecule has 2 N–H and O–H groups in total. The maximum Gasteiger partial charge on any atom is 0.242 e. The van der Waals surface area contributed by atoms with Gasteiger partial charge in [-0.3, -0.25) is 9.59 Å². The van der Waals surface area contributed by atoms with Crippen LogP contribution in [0.25, 0.3) is 0 Å². The van der Waals surface area contributed by atoms with Crippen LogP contribution in [-0.4, -0.2) is 41.3 Å². The fourth-order valence-corrected chi connectivity index (χ4v) is 8.16. The maximum absolute atomic E-state index is 14.3. The summed E-state index contributed by atoms with van der Waals surface area (Å²) in [4.78, 5) is 32.4. The zero-order valence-corrected chi connectivity index (χ0v) is 28.3. The van der Waals surface area contributed by atoms with E-state index in [4.69, 9.17) is 11.6 Å². The van der Waals surface area contributed by atoms with E-state index in [1.807, 2.05) is 114 Å². The molecule has 48 heavy (non-hydrogen) atoms. The number of allylic oxidation sites excluding steroid dienone is 1. The molecule has 0 saturated carbocycles. The SMILES string of the molecule is CC1(C)CC(=O)C2=C(C1)Nc1ccccc1N(CC(=O)N1CCC(C(O)(c3ccccc3)c3ccccc3)CC1)C2c1ccc(Cl)cc1. The normalized spacial score (nSPS) is 19.7. The summed E-state index contributed by atoms with van der Waals surface area (Å²) in [6, 6.07) is 34.9. The number of likely N-dealkylation sites (tertiary alicyclic amines) is 1. The number of anilines is 2. The number of para-hydroxylation sites is 2. The molecule has 4 aromatic rings. The molecule has 0 spiro atoms. The van der Waals surface area contributed by atoms with Crippen molar-refractivity contribution in [3.05, 3.63) is 142 Å². The molecular weight excluding hydrogens is 618 g/mol. The van der Waals surface area contributed by atoms with Crippen molar-refractivity contribution < 1.29 is 14.7 Å². The van der Waals surface area contributed by atoms with Crippen molar-refractivity contribution in [3.63, 3.8) is 0 Å². The van der Waals surface area contributed by atoms with E-state index in [-0.39, 0.29) is 29.6 Å². The Morgan fingerprint density at radius 2 is 1.44 bits per heavy atom. The maximum atomic E-state index is 14.3. The van der Waals surface area contributed by atoms with Crippen LogP contribution in [0.4, 0.5) is 11.4 Å². The predicted molar refractivity (Wildman–Crippen MR) is 192 cm³/mol. The molecule has 246 valence electrons. The van der Waals surface area contributed by atoms with Crippen LogP contribution < -0.4 is 10.2 Å². The highest BCUT2D eigenvalue weighted by molar-refractivity contribution is 6.30. The minimum absolute atomic E-state index is 0.00202. The Bertz CT molecular complexity index is 1790. The molecule has 1 fully saturated rings. The van der Waals surface area contributed by atoms with Crippen molar-refractivity contribution in [2.45, 2.75) is 51.2 Å². The smallest absolute Gasteiger partial charge is 0.242 e. The number of hydrogen-bond donors (Lipinski definition) is 2. The van der Waals surface area contributed by atoms with E-state index in [1.165, 1.54) is 0 Å². The van der Waals surface area contributed by atoms with Crippen molar-refractivity contribution in [1.29, 1.82) is 0 Å². The number of benzene rings is 4. The van der Waals surface area contributed by atoms with Crippen LogP contribution in [0.15, 0.2) is 120 Å². The van der Waals surface area contributed by atoms with Crippen LogP contribution in [-0.2, 0) is 15.2 Å². The quantitative estimate of drug-likeness (QED) is 0.219. The summed E-state index contributed by atoms with van der Waals surface area (Å²) in [5, 5.41) is 16.6. The monoisotopic (exact) mass is 659 g/mol. The summed E-state index contributed by atoms with van der Waals surface area (Å²) >= 11 is 6.33. The van der Waals surface area contributed by atoms with Gasteiger partial charge in [0, 0.05) is 35.8 Å². The van der Waals surface area contributed by atoms with Crippen LogP contribution in [0.5, 0.6) is 0 Å². The molecule has 0 aromatic heterocycles. The zero-order valence-electron chi connectivity index (χ0n) is 27.5. The van der Waals surface area contributed by atoms with Gasteiger partial charge in [-0.1, -0.05) is 110 Å². The third-order valence-electron chi connectivity index (χ3n) is 10.4. The van der Waals surface area contributed by atoms with Gasteiger partial charge in [0.2, 0.25) is 5.91 Å². The number of carbonyl (C=O) groups is 2. The largest absolute Gasteiger partial charge is 0.380 e. The molecule has 1 amide bonds. The average molecular weight is 660 g/mol. The summed E-state index contributed by atoms with van der Waals surface area (Å²) in [6.07, 6.45) is 2.49. The number of hydrogen-bond acceptors (Lipinski definition) is 5. The second-order valence-corrected chi connectivity index (χ2v) is 14.6. The number of ketones is 1. The first-order valence-corrected chi connectivity index (χ1v) is 17.3. The summed E-state index contributed by atoms with van der Waals surface area (Å²) in [6.45, 7) is 5.43. The Kier molecular flexibility index (Phi) is 8.65. The standard InChI is InChI=1S/C41H42ClN3O3/c1-40(2)25-34-38(36(46)26-40)39(28-17-19-32(42)20-18-28)45(35-16-10-9-15-33(35)43-34)27-37(47)44-23-21-31(22-24-44)41(48,29-11-5-3-6-12-29)30-13-7-4-8-14-30/h3-20,31,39,43,48H,21-27H2,1-2H3. The number of carbonyl (C=O) groups excluding carboxylic acids is 2. The zero-order chi connectivity index (χ0) is 33.5. The lowest BCUT2D eigenvalue weighted by atomic mass is 9.72. The van der Waals surface area contributed by atoms with Gasteiger partial charge in [0.1, 0.15) is 5.60 Å². The molecule has 0 bridgehead atoms. The van der Waals surface area contributed by atoms with E-state index < -0.39 is 11.6 Å². The fourth-order valence-electron chi connectivity index (χ4n) is 8.03. The minimum atomic E-state index is -1.16. The Morgan fingerprint density at radius 1 is 0.854 bits per heavy atom. The van der Waals surface area contributed by atoms with E-state index in [0.717, 1.165) is 45.8 Å². The lowest BCUT2D eigenvalue weighted by Gasteiger charge is -2.43. The molecule has 1 saturated heterocycles. The summed E-state index contributed by atoms with van der Waals surface area (Å²) in [7, 11) is 0. The van der Waals surface area contributed by atoms with Crippen LogP contribution in [0.1, 0.15) is 62.3 Å². The number of Topliss-reactive ketones (excluding diaryl/α,β-unsaturated/α-hetero) is 1. The fraction of sp³-hybridized carbons (Fsp3) is 0.317. The van der Waals surface area contributed by atoms with E-state index in [9.17, 15) is 14.7 Å². The van der Waals surface area contributed by atoms with Gasteiger partial charge in [0.25, 0.3) is 0 Å². The van der Waals surface area contributed by atoms with Crippen LogP contribution in [0, 0.1) is 11.3 Å². The lowest BCUT2D eigenvalue weighted by Crippen LogP contribution is -2.49. The second kappa shape index (κ2) is 12.9. The highest BCUT2D eigenvalue weighted by atomic mass is 35.5. The third kappa shape index (κ3) is 6.04. The van der Waals surface area contributed by atoms with Crippen LogP contribution >= 0.6 is 11.6 Å². The lowest BCUT2D eigenvalue weighted by molar-refractivity contribution is -0.132. The molecule has 1 unspecified atom stereocenters. The van der Waals surface area contributed by atoms with Crippen molar-refractivity contribution in [2.75, 3.05) is 29.9 Å². The number of nitrogens with one attached hydrogen (secondary N) is 1. The minimum Gasteiger partial charge on any atom is -0.380 e. The van der Waals surface area contributed by atoms with Crippen LogP contribution in [0.2, 0.25) is 5.02 Å². The third-order valence-corrected chi connectivity index (χ3v) is 10.6. The summed E-state index contributed by atoms with van der Waals surface area (Å²) < 4.78 is 0. The van der Waals surface area contributed by atoms with Crippen molar-refractivity contribution in [2.24, 2.45) is 11.3 Å². The molecule has 2 heterocycles. The van der Waals surface area contributed by atoms with Gasteiger partial charge in [-0.2, -0.15) is 0 Å². The van der Waals surface area contributed by atoms with E-state index in [2.05, 4.69) is 24.1 Å². The Balaban J connectivity index is 1.20. The molecule has 6 nitrogen and oxygen atoms in total. The van der Waals surface area contributed by atoms with Gasteiger partial charge in [0.15, 0.2) is 5.78 Å². The number of rotatable bonds is 6. The second-order valence-electron chi connectivity index (χ2n) is 14.2. The first kappa shape index (κ1) is 32.2. The van der Waals surface area contributed by atoms with Crippen LogP contribution in [0.3, 0.4) is 0 Å². The number of fused-ring (bicyclic) bond motifs is 1. The highest BCUT2D eigenvalue weighted by Gasteiger charge is 2.44. The first-order chi connectivity index (χ1) is 23.1. The molecule has 3 aliphatic rings. The average Bonchev–Trinajstić information content (AvgIpc) is 3.23. The molecule has 7 heteroatoms. The topological polar surface area (TPSA) is 72.9 Å². The molecule has 1 aliphatic carbocycles. The Labute approximate surface area is 288 Å². The first-order valence-electron chi connectivity index (χ1n) is 16.9. The van der Waals surface area contributed by atoms with Gasteiger partial charge in [-0.05, 0) is 71.6 Å². The molecule has 1 atom stereocenters. The van der Waals surface area contributed by atoms with Crippen molar-refractivity contribution in [3.8, 4) is 0 Å². The Morgan fingerprint density at radius 3 is 2.06 bits per heavy atom. The van der Waals surface area contributed by atoms with Gasteiger partial charge in [-0.25, -0.2) is 0 Å². The highest BCUT2D eigenvalue weighted by Crippen LogP contribution is 2.48. The van der Waals surface area contributed by atoms with Gasteiger partial charge >= 0.3 is 0 Å². The number of piperidine rings is 1. The molecule has 7 rings (SSSR count). The van der Waals surface area contributed by atoms with Gasteiger partial charge < -0.3 is 20.2 Å². The predicted octanol–water partition coefficient (Wildman–Crippen LogP) is 8.13. The van der Waals surface area contributed by atoms with E-state index in [1.54, 1.807) is 0 Å². The van der Waals surface area contributed by atoms with Gasteiger partial charge in [-0.15, -0.1) is 0 Å². The molecular formula is C41H42ClN3O3. The molecule has 0 radical (unpaired) electrons. The number of amides is 1. The van der Waals surface area contributed by atoms with E-state index >= 15 is 0 Å². The summed E-state index contributed by atoms with van der Waals surface area (Å²) in [5.41, 5.74) is 4.70. The number of nitrogens with zero attached hydrogens (tertiary/aromatic N) is 2. The molecule has 2 aliphatic heterocycles. The van der Waals surface area contributed by atoms with Gasteiger partial charge in [0.05, 0.1) is 24.0 Å². The van der Waals surface area contributed by atoms with E-state index in [0.29, 0.717) is 37.4 Å². The Hall–Kier alpha value is -4.39. The summed E-state index contributed by atoms with van der Waals surface area (Å²) in [5.74, 6) is 0.0332. The number of aliphatic hydroxyl groups is 1. The molecule has 4 aromatic carbocycles. The van der Waals surface area contributed by atoms with Crippen molar-refractivity contribution >= 4 is 34.7 Å². The number of halogens is 1. The van der Waals surface area contributed by atoms with Crippen molar-refractivity contribution in [1.82, 2.24) is 4.90 Å².